The Morgan fingerprint density at radius 3 is 2.67 bits per heavy atom. The van der Waals surface area contributed by atoms with Crippen molar-refractivity contribution in [2.75, 3.05) is 5.73 Å². The highest BCUT2D eigenvalue weighted by atomic mass is 32.2. The highest BCUT2D eigenvalue weighted by molar-refractivity contribution is 7.89. The Hall–Kier alpha value is -1.97. The van der Waals surface area contributed by atoms with Crippen molar-refractivity contribution in [3.8, 4) is 0 Å². The number of rotatable bonds is 5. The van der Waals surface area contributed by atoms with E-state index in [-0.39, 0.29) is 5.69 Å². The first-order chi connectivity index (χ1) is 9.83. The lowest BCUT2D eigenvalue weighted by Gasteiger charge is -2.13. The highest BCUT2D eigenvalue weighted by Crippen LogP contribution is 2.30. The quantitative estimate of drug-likeness (QED) is 0.496. The summed E-state index contributed by atoms with van der Waals surface area (Å²) in [6.45, 7) is 1.66. The molecule has 21 heavy (non-hydrogen) atoms. The average Bonchev–Trinajstić information content (AvgIpc) is 2.91. The third-order valence-corrected chi connectivity index (χ3v) is 5.15. The summed E-state index contributed by atoms with van der Waals surface area (Å²) in [7, 11) is -4.05. The third kappa shape index (κ3) is 3.20. The van der Waals surface area contributed by atoms with Gasteiger partial charge in [-0.1, -0.05) is 6.07 Å². The molecule has 2 rings (SSSR count). The first kappa shape index (κ1) is 15.4. The number of nitrogens with one attached hydrogen (secondary N) is 1. The van der Waals surface area contributed by atoms with Gasteiger partial charge in [0.05, 0.1) is 4.92 Å². The van der Waals surface area contributed by atoms with Gasteiger partial charge in [0.1, 0.15) is 5.69 Å². The van der Waals surface area contributed by atoms with Crippen molar-refractivity contribution in [2.24, 2.45) is 0 Å². The van der Waals surface area contributed by atoms with Crippen LogP contribution in [-0.4, -0.2) is 13.3 Å². The molecule has 0 amide bonds. The molecule has 9 heteroatoms. The lowest BCUT2D eigenvalue weighted by Crippen LogP contribution is -2.27. The number of nitrogens with two attached hydrogens (primary N) is 1. The second-order valence-corrected chi connectivity index (χ2v) is 6.81. The Balaban J connectivity index is 2.41. The molecule has 1 atom stereocenters. The fourth-order valence-corrected chi connectivity index (χ4v) is 4.02. The van der Waals surface area contributed by atoms with Crippen molar-refractivity contribution >= 4 is 32.7 Å². The zero-order chi connectivity index (χ0) is 15.6. The van der Waals surface area contributed by atoms with E-state index in [0.717, 1.165) is 11.6 Å². The van der Waals surface area contributed by atoms with Crippen molar-refractivity contribution in [2.45, 2.75) is 17.9 Å². The Morgan fingerprint density at radius 2 is 2.10 bits per heavy atom. The fraction of sp³-hybridized carbons (Fsp3) is 0.167. The van der Waals surface area contributed by atoms with Gasteiger partial charge in [0.15, 0.2) is 4.90 Å². The van der Waals surface area contributed by atoms with E-state index in [2.05, 4.69) is 4.72 Å². The predicted molar refractivity (Wildman–Crippen MR) is 80.6 cm³/mol. The molecule has 0 saturated carbocycles. The topological polar surface area (TPSA) is 115 Å². The number of nitro benzene ring substituents is 1. The van der Waals surface area contributed by atoms with Crippen molar-refractivity contribution in [3.05, 3.63) is 50.7 Å². The number of thiophene rings is 1. The van der Waals surface area contributed by atoms with Gasteiger partial charge in [-0.2, -0.15) is 11.3 Å². The molecule has 2 aromatic rings. The molecule has 0 fully saturated rings. The molecule has 1 aromatic carbocycles. The fourth-order valence-electron chi connectivity index (χ4n) is 1.84. The van der Waals surface area contributed by atoms with Crippen LogP contribution in [0.5, 0.6) is 0 Å². The molecule has 1 unspecified atom stereocenters. The number of para-hydroxylation sites is 1. The lowest BCUT2D eigenvalue weighted by atomic mass is 10.2. The van der Waals surface area contributed by atoms with Gasteiger partial charge >= 0.3 is 5.69 Å². The summed E-state index contributed by atoms with van der Waals surface area (Å²) >= 11 is 1.44. The molecule has 0 aliphatic carbocycles. The monoisotopic (exact) mass is 327 g/mol. The van der Waals surface area contributed by atoms with Gasteiger partial charge in [-0.25, -0.2) is 13.1 Å². The molecule has 7 nitrogen and oxygen atoms in total. The number of benzene rings is 1. The average molecular weight is 327 g/mol. The van der Waals surface area contributed by atoms with Crippen LogP contribution < -0.4 is 10.5 Å². The van der Waals surface area contributed by atoms with Gasteiger partial charge in [0.2, 0.25) is 10.0 Å². The maximum Gasteiger partial charge on any atom is 0.312 e. The number of hydrogen-bond donors (Lipinski definition) is 2. The number of nitrogen functional groups attached to an aromatic ring is 1. The Labute approximate surface area is 125 Å². The number of nitrogens with zero attached hydrogens (tertiary/aromatic N) is 1. The highest BCUT2D eigenvalue weighted by Gasteiger charge is 2.29. The molecule has 3 N–H and O–H groups in total. The molecule has 0 aliphatic heterocycles. The van der Waals surface area contributed by atoms with Crippen LogP contribution in [0.1, 0.15) is 18.5 Å². The molecule has 112 valence electrons. The van der Waals surface area contributed by atoms with Gasteiger partial charge in [-0.3, -0.25) is 10.1 Å². The van der Waals surface area contributed by atoms with E-state index < -0.39 is 31.6 Å². The second-order valence-electron chi connectivity index (χ2n) is 4.35. The summed E-state index contributed by atoms with van der Waals surface area (Å²) in [4.78, 5) is 9.81. The van der Waals surface area contributed by atoms with Gasteiger partial charge in [-0.15, -0.1) is 0 Å². The standard InChI is InChI=1S/C12H13N3O4S2/c1-8(9-5-6-20-7-9)14-21(18,19)11-4-2-3-10(13)12(11)15(16)17/h2-8,14H,13H2,1H3. The van der Waals surface area contributed by atoms with Crippen LogP contribution in [0, 0.1) is 10.1 Å². The van der Waals surface area contributed by atoms with Crippen LogP contribution >= 0.6 is 11.3 Å². The molecule has 0 bridgehead atoms. The summed E-state index contributed by atoms with van der Waals surface area (Å²) < 4.78 is 27.1. The Morgan fingerprint density at radius 1 is 1.38 bits per heavy atom. The SMILES string of the molecule is CC(NS(=O)(=O)c1cccc(N)c1[N+](=O)[O-])c1ccsc1. The van der Waals surface area contributed by atoms with E-state index in [0.29, 0.717) is 0 Å². The van der Waals surface area contributed by atoms with Gasteiger partial charge in [-0.05, 0) is 41.4 Å². The third-order valence-electron chi connectivity index (χ3n) is 2.88. The largest absolute Gasteiger partial charge is 0.393 e. The van der Waals surface area contributed by atoms with E-state index >= 15 is 0 Å². The van der Waals surface area contributed by atoms with E-state index in [1.165, 1.54) is 23.5 Å². The molecule has 0 radical (unpaired) electrons. The molecule has 0 saturated heterocycles. The molecule has 0 spiro atoms. The summed E-state index contributed by atoms with van der Waals surface area (Å²) in [6.07, 6.45) is 0. The normalized spacial score (nSPS) is 13.0. The van der Waals surface area contributed by atoms with E-state index in [1.54, 1.807) is 18.4 Å². The molecule has 1 aromatic heterocycles. The summed E-state index contributed by atoms with van der Waals surface area (Å²) in [5.74, 6) is 0. The van der Waals surface area contributed by atoms with Crippen LogP contribution in [0.25, 0.3) is 0 Å². The van der Waals surface area contributed by atoms with Crippen LogP contribution in [0.3, 0.4) is 0 Å². The number of anilines is 1. The van der Waals surface area contributed by atoms with Gasteiger partial charge in [0.25, 0.3) is 0 Å². The summed E-state index contributed by atoms with van der Waals surface area (Å²) in [6, 6.07) is 5.11. The van der Waals surface area contributed by atoms with Crippen molar-refractivity contribution in [1.82, 2.24) is 4.72 Å². The van der Waals surface area contributed by atoms with Crippen molar-refractivity contribution in [1.29, 1.82) is 0 Å². The first-order valence-electron chi connectivity index (χ1n) is 5.90. The smallest absolute Gasteiger partial charge is 0.312 e. The minimum atomic E-state index is -4.05. The number of sulfonamides is 1. The molecule has 0 aliphatic rings. The molecular formula is C12H13N3O4S2. The van der Waals surface area contributed by atoms with Crippen molar-refractivity contribution in [3.63, 3.8) is 0 Å². The number of hydrogen-bond acceptors (Lipinski definition) is 6. The van der Waals surface area contributed by atoms with E-state index in [4.69, 9.17) is 5.73 Å². The molecular weight excluding hydrogens is 314 g/mol. The lowest BCUT2D eigenvalue weighted by molar-refractivity contribution is -0.386. The zero-order valence-electron chi connectivity index (χ0n) is 11.0. The number of nitro groups is 1. The van der Waals surface area contributed by atoms with Gasteiger partial charge < -0.3 is 5.73 Å². The Kier molecular flexibility index (Phi) is 4.26. The maximum atomic E-state index is 12.3. The van der Waals surface area contributed by atoms with Gasteiger partial charge in [0, 0.05) is 6.04 Å². The van der Waals surface area contributed by atoms with E-state index in [1.807, 2.05) is 5.38 Å². The van der Waals surface area contributed by atoms with Crippen LogP contribution in [0.4, 0.5) is 11.4 Å². The van der Waals surface area contributed by atoms with E-state index in [9.17, 15) is 18.5 Å². The predicted octanol–water partition coefficient (Wildman–Crippen LogP) is 2.28. The van der Waals surface area contributed by atoms with Crippen LogP contribution in [0.15, 0.2) is 39.9 Å². The van der Waals surface area contributed by atoms with Crippen molar-refractivity contribution < 1.29 is 13.3 Å². The first-order valence-corrected chi connectivity index (χ1v) is 8.33. The molecule has 1 heterocycles. The van der Waals surface area contributed by atoms with Crippen LogP contribution in [-0.2, 0) is 10.0 Å². The minimum absolute atomic E-state index is 0.189. The summed E-state index contributed by atoms with van der Waals surface area (Å²) in [5.41, 5.74) is 5.50. The Bertz CT molecular complexity index is 757. The van der Waals surface area contributed by atoms with Crippen LogP contribution in [0.2, 0.25) is 0 Å². The minimum Gasteiger partial charge on any atom is -0.393 e. The maximum absolute atomic E-state index is 12.3. The second kappa shape index (κ2) is 5.80. The zero-order valence-corrected chi connectivity index (χ0v) is 12.6. The summed E-state index contributed by atoms with van der Waals surface area (Å²) in [5, 5.41) is 14.7.